The molecule has 2 aromatic rings. The number of carbonyl (C=O) groups is 3. The van der Waals surface area contributed by atoms with Crippen molar-refractivity contribution in [2.75, 3.05) is 4.90 Å². The lowest BCUT2D eigenvalue weighted by Crippen LogP contribution is -2.36. The van der Waals surface area contributed by atoms with Crippen molar-refractivity contribution in [3.05, 3.63) is 47.3 Å². The molecule has 142 valence electrons. The molecule has 1 unspecified atom stereocenters. The number of carbonyl (C=O) groups excluding carboxylic acids is 3. The number of rotatable bonds is 6. The lowest BCUT2D eigenvalue weighted by Gasteiger charge is -2.14. The van der Waals surface area contributed by atoms with Gasteiger partial charge in [-0.3, -0.25) is 14.7 Å². The maximum Gasteiger partial charge on any atom is 0.329 e. The molecule has 1 fully saturated rings. The monoisotopic (exact) mass is 369 g/mol. The van der Waals surface area contributed by atoms with Crippen LogP contribution >= 0.6 is 0 Å². The van der Waals surface area contributed by atoms with Crippen LogP contribution in [0.5, 0.6) is 0 Å². The summed E-state index contributed by atoms with van der Waals surface area (Å²) in [4.78, 5) is 38.1. The molecule has 0 spiro atoms. The number of nitrogens with one attached hydrogen (secondary N) is 3. The van der Waals surface area contributed by atoms with Gasteiger partial charge in [0.25, 0.3) is 5.91 Å². The van der Waals surface area contributed by atoms with Gasteiger partial charge in [0.2, 0.25) is 5.91 Å². The van der Waals surface area contributed by atoms with Gasteiger partial charge in [-0.25, -0.2) is 9.69 Å². The zero-order chi connectivity index (χ0) is 19.6. The first kappa shape index (κ1) is 18.6. The number of urea groups is 1. The van der Waals surface area contributed by atoms with Gasteiger partial charge in [-0.15, -0.1) is 0 Å². The van der Waals surface area contributed by atoms with Crippen LogP contribution in [0.4, 0.5) is 10.5 Å². The van der Waals surface area contributed by atoms with Crippen molar-refractivity contribution in [3.63, 3.8) is 0 Å². The Kier molecular flexibility index (Phi) is 5.25. The van der Waals surface area contributed by atoms with Gasteiger partial charge >= 0.3 is 6.03 Å². The predicted molar refractivity (Wildman–Crippen MR) is 100 cm³/mol. The lowest BCUT2D eigenvalue weighted by molar-refractivity contribution is -0.125. The van der Waals surface area contributed by atoms with Crippen LogP contribution in [0.15, 0.2) is 30.5 Å². The van der Waals surface area contributed by atoms with E-state index in [-0.39, 0.29) is 12.3 Å². The standard InChI is InChI=1S/C19H23N5O3/c1-11(2)13-4-6-15(7-5-13)24-18(26)16(22-19(24)27)8-17(25)20-9-14-10-21-23-12(14)3/h4-7,10-11,16H,8-9H2,1-3H3,(H,20,25)(H,21,23)(H,22,27). The van der Waals surface area contributed by atoms with Crippen LogP contribution in [0.25, 0.3) is 0 Å². The van der Waals surface area contributed by atoms with E-state index in [1.807, 2.05) is 19.1 Å². The fourth-order valence-electron chi connectivity index (χ4n) is 2.93. The molecule has 1 aliphatic heterocycles. The summed E-state index contributed by atoms with van der Waals surface area (Å²) >= 11 is 0. The Labute approximate surface area is 157 Å². The van der Waals surface area contributed by atoms with Gasteiger partial charge in [0.1, 0.15) is 6.04 Å². The minimum atomic E-state index is -0.868. The molecule has 1 saturated heterocycles. The Bertz CT molecular complexity index is 856. The summed E-state index contributed by atoms with van der Waals surface area (Å²) in [5.41, 5.74) is 3.36. The number of H-pyrrole nitrogens is 1. The predicted octanol–water partition coefficient (Wildman–Crippen LogP) is 1.97. The number of amides is 4. The molecule has 1 atom stereocenters. The highest BCUT2D eigenvalue weighted by Gasteiger charge is 2.40. The van der Waals surface area contributed by atoms with Crippen molar-refractivity contribution in [2.24, 2.45) is 0 Å². The number of aromatic nitrogens is 2. The Morgan fingerprint density at radius 1 is 1.26 bits per heavy atom. The highest BCUT2D eigenvalue weighted by molar-refractivity contribution is 6.22. The van der Waals surface area contributed by atoms with Crippen LogP contribution in [-0.4, -0.2) is 34.1 Å². The number of hydrogen-bond donors (Lipinski definition) is 3. The SMILES string of the molecule is Cc1[nH]ncc1CNC(=O)CC1NC(=O)N(c2ccc(C(C)C)cc2)C1=O. The van der Waals surface area contributed by atoms with Crippen molar-refractivity contribution in [3.8, 4) is 0 Å². The van der Waals surface area contributed by atoms with E-state index in [1.165, 1.54) is 0 Å². The van der Waals surface area contributed by atoms with E-state index >= 15 is 0 Å². The van der Waals surface area contributed by atoms with Gasteiger partial charge in [-0.1, -0.05) is 26.0 Å². The fourth-order valence-corrected chi connectivity index (χ4v) is 2.93. The molecule has 3 N–H and O–H groups in total. The van der Waals surface area contributed by atoms with Crippen LogP contribution < -0.4 is 15.5 Å². The first-order valence-electron chi connectivity index (χ1n) is 8.86. The summed E-state index contributed by atoms with van der Waals surface area (Å²) < 4.78 is 0. The second-order valence-corrected chi connectivity index (χ2v) is 6.92. The van der Waals surface area contributed by atoms with E-state index in [0.717, 1.165) is 21.7 Å². The second kappa shape index (κ2) is 7.61. The van der Waals surface area contributed by atoms with Crippen LogP contribution in [-0.2, 0) is 16.1 Å². The molecular weight excluding hydrogens is 346 g/mol. The summed E-state index contributed by atoms with van der Waals surface area (Å²) in [6.07, 6.45) is 1.53. The average molecular weight is 369 g/mol. The van der Waals surface area contributed by atoms with Gasteiger partial charge in [-0.2, -0.15) is 5.10 Å². The molecule has 4 amide bonds. The van der Waals surface area contributed by atoms with Gasteiger partial charge in [0, 0.05) is 17.8 Å². The summed E-state index contributed by atoms with van der Waals surface area (Å²) in [6, 6.07) is 5.91. The van der Waals surface area contributed by atoms with Crippen LogP contribution in [0, 0.1) is 6.92 Å². The number of anilines is 1. The molecule has 0 saturated carbocycles. The zero-order valence-corrected chi connectivity index (χ0v) is 15.6. The highest BCUT2D eigenvalue weighted by atomic mass is 16.2. The maximum absolute atomic E-state index is 12.6. The van der Waals surface area contributed by atoms with Gasteiger partial charge in [0.05, 0.1) is 18.3 Å². The summed E-state index contributed by atoms with van der Waals surface area (Å²) in [7, 11) is 0. The van der Waals surface area contributed by atoms with E-state index in [4.69, 9.17) is 0 Å². The molecule has 1 aromatic carbocycles. The third-order valence-corrected chi connectivity index (χ3v) is 4.64. The molecule has 8 nitrogen and oxygen atoms in total. The van der Waals surface area contributed by atoms with E-state index in [2.05, 4.69) is 34.7 Å². The van der Waals surface area contributed by atoms with Gasteiger partial charge in [-0.05, 0) is 30.5 Å². The molecular formula is C19H23N5O3. The smallest absolute Gasteiger partial charge is 0.329 e. The third-order valence-electron chi connectivity index (χ3n) is 4.64. The minimum absolute atomic E-state index is 0.109. The van der Waals surface area contributed by atoms with Crippen molar-refractivity contribution < 1.29 is 14.4 Å². The minimum Gasteiger partial charge on any atom is -0.352 e. The van der Waals surface area contributed by atoms with Gasteiger partial charge in [0.15, 0.2) is 0 Å². The number of aromatic amines is 1. The number of nitrogens with zero attached hydrogens (tertiary/aromatic N) is 2. The van der Waals surface area contributed by atoms with E-state index in [9.17, 15) is 14.4 Å². The Morgan fingerprint density at radius 3 is 2.56 bits per heavy atom. The largest absolute Gasteiger partial charge is 0.352 e. The van der Waals surface area contributed by atoms with E-state index in [0.29, 0.717) is 18.2 Å². The summed E-state index contributed by atoms with van der Waals surface area (Å²) in [5.74, 6) is -0.379. The Morgan fingerprint density at radius 2 is 1.96 bits per heavy atom. The van der Waals surface area contributed by atoms with E-state index < -0.39 is 18.0 Å². The van der Waals surface area contributed by atoms with Crippen LogP contribution in [0.3, 0.4) is 0 Å². The molecule has 27 heavy (non-hydrogen) atoms. The highest BCUT2D eigenvalue weighted by Crippen LogP contribution is 2.23. The molecule has 0 radical (unpaired) electrons. The number of imide groups is 1. The molecule has 8 heteroatoms. The Hall–Kier alpha value is -3.16. The lowest BCUT2D eigenvalue weighted by atomic mass is 10.0. The second-order valence-electron chi connectivity index (χ2n) is 6.92. The topological polar surface area (TPSA) is 107 Å². The Balaban J connectivity index is 1.61. The number of benzene rings is 1. The molecule has 2 heterocycles. The number of hydrogen-bond acceptors (Lipinski definition) is 4. The zero-order valence-electron chi connectivity index (χ0n) is 15.6. The molecule has 0 bridgehead atoms. The average Bonchev–Trinajstić information content (AvgIpc) is 3.16. The van der Waals surface area contributed by atoms with Gasteiger partial charge < -0.3 is 10.6 Å². The van der Waals surface area contributed by atoms with Crippen LogP contribution in [0.1, 0.15) is 43.0 Å². The molecule has 1 aromatic heterocycles. The van der Waals surface area contributed by atoms with E-state index in [1.54, 1.807) is 18.3 Å². The first-order valence-corrected chi connectivity index (χ1v) is 8.86. The summed E-state index contributed by atoms with van der Waals surface area (Å²) in [5, 5.41) is 12.0. The molecule has 1 aliphatic rings. The first-order chi connectivity index (χ1) is 12.9. The van der Waals surface area contributed by atoms with Crippen molar-refractivity contribution in [2.45, 2.75) is 45.7 Å². The van der Waals surface area contributed by atoms with Crippen LogP contribution in [0.2, 0.25) is 0 Å². The summed E-state index contributed by atoms with van der Waals surface area (Å²) in [6.45, 7) is 6.32. The fraction of sp³-hybridized carbons (Fsp3) is 0.368. The molecule has 3 rings (SSSR count). The maximum atomic E-state index is 12.6. The van der Waals surface area contributed by atoms with Crippen molar-refractivity contribution >= 4 is 23.5 Å². The molecule has 0 aliphatic carbocycles. The number of aryl methyl sites for hydroxylation is 1. The van der Waals surface area contributed by atoms with Crippen molar-refractivity contribution in [1.82, 2.24) is 20.8 Å². The van der Waals surface area contributed by atoms with Crippen molar-refractivity contribution in [1.29, 1.82) is 0 Å². The normalized spacial score (nSPS) is 16.7. The third kappa shape index (κ3) is 3.99. The quantitative estimate of drug-likeness (QED) is 0.677.